The average Bonchev–Trinajstić information content (AvgIpc) is 2.93. The second-order valence-corrected chi connectivity index (χ2v) is 6.17. The van der Waals surface area contributed by atoms with Crippen molar-refractivity contribution in [3.8, 4) is 5.69 Å². The summed E-state index contributed by atoms with van der Waals surface area (Å²) in [6, 6.07) is 13.0. The molecule has 2 aromatic carbocycles. The summed E-state index contributed by atoms with van der Waals surface area (Å²) in [5.41, 5.74) is 2.50. The number of carbonyl (C=O) groups is 1. The standard InChI is InChI=1S/C18H15ClN4O3/c1-11-9-12(2)22(21-11)16-6-4-3-5-15(16)20-18(24)14-8-7-13(19)10-17(14)23(25)26/h3-10H,1-2H3,(H,20,24). The second-order valence-electron chi connectivity index (χ2n) is 5.73. The Balaban J connectivity index is 2.00. The Hall–Kier alpha value is -3.19. The van der Waals surface area contributed by atoms with Crippen molar-refractivity contribution in [2.75, 3.05) is 5.32 Å². The maximum atomic E-state index is 12.6. The molecule has 0 unspecified atom stereocenters. The van der Waals surface area contributed by atoms with E-state index in [1.54, 1.807) is 16.8 Å². The number of aryl methyl sites for hydroxylation is 2. The Kier molecular flexibility index (Phi) is 4.73. The van der Waals surface area contributed by atoms with Crippen molar-refractivity contribution in [2.24, 2.45) is 0 Å². The smallest absolute Gasteiger partial charge is 0.283 e. The fourth-order valence-electron chi connectivity index (χ4n) is 2.67. The van der Waals surface area contributed by atoms with Crippen LogP contribution < -0.4 is 5.32 Å². The summed E-state index contributed by atoms with van der Waals surface area (Å²) in [5.74, 6) is -0.595. The monoisotopic (exact) mass is 370 g/mol. The molecule has 8 heteroatoms. The lowest BCUT2D eigenvalue weighted by Crippen LogP contribution is -2.16. The molecule has 1 N–H and O–H groups in total. The van der Waals surface area contributed by atoms with E-state index in [1.807, 2.05) is 32.0 Å². The fourth-order valence-corrected chi connectivity index (χ4v) is 2.84. The quantitative estimate of drug-likeness (QED) is 0.547. The molecule has 3 rings (SSSR count). The molecule has 0 fully saturated rings. The van der Waals surface area contributed by atoms with Crippen LogP contribution in [-0.4, -0.2) is 20.6 Å². The summed E-state index contributed by atoms with van der Waals surface area (Å²) in [6.07, 6.45) is 0. The zero-order valence-corrected chi connectivity index (χ0v) is 14.8. The van der Waals surface area contributed by atoms with Crippen LogP contribution in [0, 0.1) is 24.0 Å². The number of anilines is 1. The molecule has 0 saturated carbocycles. The van der Waals surface area contributed by atoms with Gasteiger partial charge in [0.25, 0.3) is 11.6 Å². The maximum Gasteiger partial charge on any atom is 0.283 e. The molecule has 0 spiro atoms. The van der Waals surface area contributed by atoms with Crippen molar-refractivity contribution in [2.45, 2.75) is 13.8 Å². The zero-order chi connectivity index (χ0) is 18.8. The molecular formula is C18H15ClN4O3. The number of nitrogens with one attached hydrogen (secondary N) is 1. The molecular weight excluding hydrogens is 356 g/mol. The number of nitrogens with zero attached hydrogens (tertiary/aromatic N) is 3. The van der Waals surface area contributed by atoms with E-state index in [9.17, 15) is 14.9 Å². The topological polar surface area (TPSA) is 90.1 Å². The van der Waals surface area contributed by atoms with Crippen LogP contribution in [0.15, 0.2) is 48.5 Å². The average molecular weight is 371 g/mol. The van der Waals surface area contributed by atoms with Gasteiger partial charge in [0.05, 0.1) is 22.0 Å². The minimum atomic E-state index is -0.631. The van der Waals surface area contributed by atoms with E-state index in [4.69, 9.17) is 11.6 Å². The number of hydrogen-bond donors (Lipinski definition) is 1. The molecule has 1 heterocycles. The first kappa shape index (κ1) is 17.6. The van der Waals surface area contributed by atoms with Crippen molar-refractivity contribution in [1.82, 2.24) is 9.78 Å². The largest absolute Gasteiger partial charge is 0.320 e. The number of nitro groups is 1. The highest BCUT2D eigenvalue weighted by atomic mass is 35.5. The molecule has 1 amide bonds. The van der Waals surface area contributed by atoms with E-state index in [0.29, 0.717) is 11.4 Å². The Morgan fingerprint density at radius 2 is 1.92 bits per heavy atom. The number of nitro benzene ring substituents is 1. The lowest BCUT2D eigenvalue weighted by Gasteiger charge is -2.12. The van der Waals surface area contributed by atoms with Gasteiger partial charge in [-0.05, 0) is 44.2 Å². The first-order valence-corrected chi connectivity index (χ1v) is 8.12. The van der Waals surface area contributed by atoms with Gasteiger partial charge in [-0.15, -0.1) is 0 Å². The SMILES string of the molecule is Cc1cc(C)n(-c2ccccc2NC(=O)c2ccc(Cl)cc2[N+](=O)[O-])n1. The van der Waals surface area contributed by atoms with E-state index in [0.717, 1.165) is 17.5 Å². The van der Waals surface area contributed by atoms with Crippen LogP contribution >= 0.6 is 11.6 Å². The zero-order valence-electron chi connectivity index (χ0n) is 14.1. The number of hydrogen-bond acceptors (Lipinski definition) is 4. The van der Waals surface area contributed by atoms with Gasteiger partial charge in [0.15, 0.2) is 0 Å². The van der Waals surface area contributed by atoms with E-state index in [2.05, 4.69) is 10.4 Å². The molecule has 0 bridgehead atoms. The molecule has 7 nitrogen and oxygen atoms in total. The van der Waals surface area contributed by atoms with Gasteiger partial charge in [-0.3, -0.25) is 14.9 Å². The number of carbonyl (C=O) groups excluding carboxylic acids is 1. The number of halogens is 1. The lowest BCUT2D eigenvalue weighted by molar-refractivity contribution is -0.385. The summed E-state index contributed by atoms with van der Waals surface area (Å²) >= 11 is 5.80. The summed E-state index contributed by atoms with van der Waals surface area (Å²) in [5, 5.41) is 18.6. The third-order valence-corrected chi connectivity index (χ3v) is 4.03. The van der Waals surface area contributed by atoms with Gasteiger partial charge in [-0.1, -0.05) is 23.7 Å². The lowest BCUT2D eigenvalue weighted by atomic mass is 10.1. The van der Waals surface area contributed by atoms with Gasteiger partial charge in [0.2, 0.25) is 0 Å². The second kappa shape index (κ2) is 6.97. The van der Waals surface area contributed by atoms with Crippen molar-refractivity contribution >= 4 is 28.9 Å². The molecule has 0 aliphatic carbocycles. The predicted molar refractivity (Wildman–Crippen MR) is 99.1 cm³/mol. The van der Waals surface area contributed by atoms with Gasteiger partial charge in [0.1, 0.15) is 5.56 Å². The summed E-state index contributed by atoms with van der Waals surface area (Å²) < 4.78 is 1.71. The molecule has 0 atom stereocenters. The Labute approximate surface area is 154 Å². The van der Waals surface area contributed by atoms with E-state index in [-0.39, 0.29) is 16.3 Å². The predicted octanol–water partition coefficient (Wildman–Crippen LogP) is 4.30. The molecule has 0 aliphatic rings. The normalized spacial score (nSPS) is 10.6. The van der Waals surface area contributed by atoms with E-state index >= 15 is 0 Å². The maximum absolute atomic E-state index is 12.6. The highest BCUT2D eigenvalue weighted by molar-refractivity contribution is 6.31. The van der Waals surface area contributed by atoms with Crippen molar-refractivity contribution in [1.29, 1.82) is 0 Å². The number of amides is 1. The van der Waals surface area contributed by atoms with Crippen molar-refractivity contribution in [3.63, 3.8) is 0 Å². The number of aromatic nitrogens is 2. The third-order valence-electron chi connectivity index (χ3n) is 3.79. The molecule has 26 heavy (non-hydrogen) atoms. The highest BCUT2D eigenvalue weighted by Gasteiger charge is 2.21. The van der Waals surface area contributed by atoms with Crippen molar-refractivity contribution < 1.29 is 9.72 Å². The van der Waals surface area contributed by atoms with Crippen LogP contribution in [0.4, 0.5) is 11.4 Å². The first-order chi connectivity index (χ1) is 12.4. The van der Waals surface area contributed by atoms with Gasteiger partial charge in [-0.2, -0.15) is 5.10 Å². The highest BCUT2D eigenvalue weighted by Crippen LogP contribution is 2.26. The molecule has 0 saturated heterocycles. The minimum Gasteiger partial charge on any atom is -0.320 e. The molecule has 0 radical (unpaired) electrons. The molecule has 0 aliphatic heterocycles. The van der Waals surface area contributed by atoms with Crippen LogP contribution in [0.1, 0.15) is 21.7 Å². The first-order valence-electron chi connectivity index (χ1n) is 7.75. The summed E-state index contributed by atoms with van der Waals surface area (Å²) in [7, 11) is 0. The summed E-state index contributed by atoms with van der Waals surface area (Å²) in [4.78, 5) is 23.2. The third kappa shape index (κ3) is 3.43. The number of rotatable bonds is 4. The van der Waals surface area contributed by atoms with Crippen LogP contribution in [0.2, 0.25) is 5.02 Å². The van der Waals surface area contributed by atoms with E-state index < -0.39 is 10.8 Å². The summed E-state index contributed by atoms with van der Waals surface area (Å²) in [6.45, 7) is 3.78. The molecule has 132 valence electrons. The van der Waals surface area contributed by atoms with Crippen LogP contribution in [0.3, 0.4) is 0 Å². The number of para-hydroxylation sites is 2. The van der Waals surface area contributed by atoms with Crippen molar-refractivity contribution in [3.05, 3.63) is 80.6 Å². The van der Waals surface area contributed by atoms with Crippen LogP contribution in [-0.2, 0) is 0 Å². The Bertz CT molecular complexity index is 1010. The van der Waals surface area contributed by atoms with Crippen LogP contribution in [0.5, 0.6) is 0 Å². The molecule has 3 aromatic rings. The minimum absolute atomic E-state index is 0.0671. The fraction of sp³-hybridized carbons (Fsp3) is 0.111. The van der Waals surface area contributed by atoms with Gasteiger partial charge < -0.3 is 5.32 Å². The van der Waals surface area contributed by atoms with Crippen LogP contribution in [0.25, 0.3) is 5.69 Å². The number of benzene rings is 2. The Morgan fingerprint density at radius 3 is 2.58 bits per heavy atom. The molecule has 1 aromatic heterocycles. The van der Waals surface area contributed by atoms with Gasteiger partial charge >= 0.3 is 0 Å². The van der Waals surface area contributed by atoms with Gasteiger partial charge in [0, 0.05) is 16.8 Å². The van der Waals surface area contributed by atoms with Gasteiger partial charge in [-0.25, -0.2) is 4.68 Å². The van der Waals surface area contributed by atoms with E-state index in [1.165, 1.54) is 12.1 Å². The Morgan fingerprint density at radius 1 is 1.19 bits per heavy atom.